The predicted octanol–water partition coefficient (Wildman–Crippen LogP) is 4.93. The molecule has 0 bridgehead atoms. The Labute approximate surface area is 187 Å². The molecule has 0 atom stereocenters. The number of amides is 1. The van der Waals surface area contributed by atoms with Gasteiger partial charge in [0.05, 0.1) is 11.9 Å². The normalized spacial score (nSPS) is 13.9. The molecule has 3 rings (SSSR count). The number of nitrogens with one attached hydrogen (secondary N) is 1. The van der Waals surface area contributed by atoms with Gasteiger partial charge in [-0.15, -0.1) is 0 Å². The van der Waals surface area contributed by atoms with Gasteiger partial charge in [0.25, 0.3) is 0 Å². The largest absolute Gasteiger partial charge is 0.506 e. The summed E-state index contributed by atoms with van der Waals surface area (Å²) >= 11 is 0. The second-order valence-corrected chi connectivity index (χ2v) is 7.85. The van der Waals surface area contributed by atoms with Crippen molar-refractivity contribution in [3.63, 3.8) is 0 Å². The molecule has 3 N–H and O–H groups in total. The number of hydrogen-bond donors (Lipinski definition) is 3. The summed E-state index contributed by atoms with van der Waals surface area (Å²) in [7, 11) is 0. The molecule has 2 aromatic heterocycles. The summed E-state index contributed by atoms with van der Waals surface area (Å²) in [6.07, 6.45) is 10.6. The molecule has 0 radical (unpaired) electrons. The third-order valence-corrected chi connectivity index (χ3v) is 5.25. The molecular weight excluding hydrogens is 410 g/mol. The molecule has 0 aliphatic carbocycles. The van der Waals surface area contributed by atoms with Gasteiger partial charge in [0.2, 0.25) is 5.91 Å². The first-order valence-corrected chi connectivity index (χ1v) is 10.8. The maximum atomic E-state index is 12.5. The molecule has 3 heterocycles. The predicted molar refractivity (Wildman–Crippen MR) is 121 cm³/mol. The third-order valence-electron chi connectivity index (χ3n) is 5.25. The van der Waals surface area contributed by atoms with Gasteiger partial charge in [0.15, 0.2) is 5.76 Å². The number of aromatic nitrogens is 2. The van der Waals surface area contributed by atoms with Gasteiger partial charge in [-0.25, -0.2) is 9.78 Å². The monoisotopic (exact) mass is 439 g/mol. The number of pyridine rings is 1. The van der Waals surface area contributed by atoms with Gasteiger partial charge in [-0.2, -0.15) is 0 Å². The zero-order valence-electron chi connectivity index (χ0n) is 18.4. The number of nitrogens with zero attached hydrogens (tertiary/aromatic N) is 2. The molecule has 2 aromatic rings. The summed E-state index contributed by atoms with van der Waals surface area (Å²) in [6.45, 7) is 4.74. The highest BCUT2D eigenvalue weighted by molar-refractivity contribution is 6.00. The number of allylic oxidation sites excluding steroid dienone is 3. The topological polar surface area (TPSA) is 114 Å². The van der Waals surface area contributed by atoms with Crippen molar-refractivity contribution in [2.24, 2.45) is 0 Å². The number of unbranched alkanes of at least 4 members (excludes halogenated alkanes) is 1. The van der Waals surface area contributed by atoms with Crippen molar-refractivity contribution >= 4 is 23.3 Å². The zero-order chi connectivity index (χ0) is 23.1. The number of anilines is 1. The molecule has 0 fully saturated rings. The van der Waals surface area contributed by atoms with E-state index in [0.29, 0.717) is 35.9 Å². The van der Waals surface area contributed by atoms with Gasteiger partial charge in [0, 0.05) is 31.8 Å². The number of ether oxygens (including phenoxy) is 1. The number of aromatic carboxylic acids is 1. The van der Waals surface area contributed by atoms with E-state index in [2.05, 4.69) is 17.2 Å². The fourth-order valence-corrected chi connectivity index (χ4v) is 3.46. The van der Waals surface area contributed by atoms with E-state index in [1.54, 1.807) is 29.1 Å². The first-order chi connectivity index (χ1) is 15.4. The van der Waals surface area contributed by atoms with Crippen LogP contribution in [0.5, 0.6) is 5.75 Å². The van der Waals surface area contributed by atoms with Crippen molar-refractivity contribution in [3.05, 3.63) is 59.4 Å². The lowest BCUT2D eigenvalue weighted by Gasteiger charge is -2.14. The smallest absolute Gasteiger partial charge is 0.339 e. The molecule has 0 saturated carbocycles. The lowest BCUT2D eigenvalue weighted by Crippen LogP contribution is -2.13. The standard InChI is InChI=1S/C24H29N3O5/c1-3-4-12-27-14-19(24(30)31)21(15-27)26-22(29)11-9-18-7-5-6-16(2)23(32-18)20-10-8-17(28)13-25-20/h7-8,10,13-15,28H,3-6,9,11-12H2,1-2H3,(H,26,29)(H,30,31). The fraction of sp³-hybridized carbons (Fsp3) is 0.375. The summed E-state index contributed by atoms with van der Waals surface area (Å²) in [4.78, 5) is 28.3. The van der Waals surface area contributed by atoms with E-state index in [9.17, 15) is 19.8 Å². The van der Waals surface area contributed by atoms with Crippen LogP contribution >= 0.6 is 0 Å². The lowest BCUT2D eigenvalue weighted by atomic mass is 10.1. The van der Waals surface area contributed by atoms with Crippen LogP contribution < -0.4 is 5.32 Å². The number of carbonyl (C=O) groups excluding carboxylic acids is 1. The van der Waals surface area contributed by atoms with Crippen LogP contribution in [-0.4, -0.2) is 31.6 Å². The van der Waals surface area contributed by atoms with E-state index < -0.39 is 5.97 Å². The number of carboxylic acids is 1. The SMILES string of the molecule is CCCCn1cc(NC(=O)CCC2=CCCC(C)=C(c3ccc(O)cn3)O2)c(C(=O)O)c1. The summed E-state index contributed by atoms with van der Waals surface area (Å²) in [5, 5.41) is 21.6. The van der Waals surface area contributed by atoms with Crippen LogP contribution in [0.1, 0.15) is 68.4 Å². The molecule has 8 nitrogen and oxygen atoms in total. The second-order valence-electron chi connectivity index (χ2n) is 7.85. The highest BCUT2D eigenvalue weighted by Gasteiger charge is 2.18. The quantitative estimate of drug-likeness (QED) is 0.510. The fourth-order valence-electron chi connectivity index (χ4n) is 3.46. The summed E-state index contributed by atoms with van der Waals surface area (Å²) in [6, 6.07) is 3.25. The van der Waals surface area contributed by atoms with Gasteiger partial charge >= 0.3 is 5.97 Å². The van der Waals surface area contributed by atoms with E-state index in [1.165, 1.54) is 6.20 Å². The molecular formula is C24H29N3O5. The van der Waals surface area contributed by atoms with Crippen LogP contribution in [0.3, 0.4) is 0 Å². The molecule has 170 valence electrons. The minimum absolute atomic E-state index is 0.0809. The highest BCUT2D eigenvalue weighted by atomic mass is 16.5. The Morgan fingerprint density at radius 1 is 1.28 bits per heavy atom. The van der Waals surface area contributed by atoms with Gasteiger partial charge < -0.3 is 24.8 Å². The molecule has 8 heteroatoms. The molecule has 1 aliphatic heterocycles. The van der Waals surface area contributed by atoms with Crippen molar-refractivity contribution in [3.8, 4) is 5.75 Å². The number of aromatic hydroxyl groups is 1. The lowest BCUT2D eigenvalue weighted by molar-refractivity contribution is -0.116. The third kappa shape index (κ3) is 6.00. The Bertz CT molecular complexity index is 1030. The maximum Gasteiger partial charge on any atom is 0.339 e. The van der Waals surface area contributed by atoms with E-state index >= 15 is 0 Å². The number of carboxylic acid groups (broad SMARTS) is 1. The first kappa shape index (κ1) is 23.1. The van der Waals surface area contributed by atoms with E-state index in [-0.39, 0.29) is 23.6 Å². The Kier molecular flexibility index (Phi) is 7.70. The minimum atomic E-state index is -1.07. The van der Waals surface area contributed by atoms with Crippen LogP contribution in [0.15, 0.2) is 48.1 Å². The van der Waals surface area contributed by atoms with Crippen LogP contribution in [0.25, 0.3) is 5.76 Å². The highest BCUT2D eigenvalue weighted by Crippen LogP contribution is 2.30. The average molecular weight is 440 g/mol. The molecule has 1 aliphatic rings. The molecule has 0 saturated heterocycles. The van der Waals surface area contributed by atoms with Crippen molar-refractivity contribution in [1.82, 2.24) is 9.55 Å². The maximum absolute atomic E-state index is 12.5. The van der Waals surface area contributed by atoms with Crippen LogP contribution in [0, 0.1) is 0 Å². The van der Waals surface area contributed by atoms with E-state index in [1.807, 2.05) is 13.0 Å². The number of carbonyl (C=O) groups is 2. The van der Waals surface area contributed by atoms with Crippen molar-refractivity contribution < 1.29 is 24.5 Å². The molecule has 32 heavy (non-hydrogen) atoms. The van der Waals surface area contributed by atoms with Crippen LogP contribution in [0.2, 0.25) is 0 Å². The minimum Gasteiger partial charge on any atom is -0.506 e. The summed E-state index contributed by atoms with van der Waals surface area (Å²) in [5.74, 6) is 0.0324. The molecule has 1 amide bonds. The Morgan fingerprint density at radius 2 is 2.09 bits per heavy atom. The summed E-state index contributed by atoms with van der Waals surface area (Å²) in [5.41, 5.74) is 2.05. The summed E-state index contributed by atoms with van der Waals surface area (Å²) < 4.78 is 7.87. The van der Waals surface area contributed by atoms with Crippen molar-refractivity contribution in [2.75, 3.05) is 5.32 Å². The van der Waals surface area contributed by atoms with Gasteiger partial charge in [-0.1, -0.05) is 13.3 Å². The number of rotatable bonds is 9. The Hall–Kier alpha value is -3.55. The molecule has 0 spiro atoms. The average Bonchev–Trinajstić information content (AvgIpc) is 3.07. The van der Waals surface area contributed by atoms with Crippen LogP contribution in [-0.2, 0) is 16.1 Å². The second kappa shape index (κ2) is 10.7. The van der Waals surface area contributed by atoms with Crippen LogP contribution in [0.4, 0.5) is 5.69 Å². The van der Waals surface area contributed by atoms with Crippen molar-refractivity contribution in [1.29, 1.82) is 0 Å². The van der Waals surface area contributed by atoms with E-state index in [4.69, 9.17) is 4.74 Å². The molecule has 0 unspecified atom stereocenters. The van der Waals surface area contributed by atoms with Gasteiger partial charge in [-0.05, 0) is 50.0 Å². The van der Waals surface area contributed by atoms with Gasteiger partial charge in [0.1, 0.15) is 22.8 Å². The Morgan fingerprint density at radius 3 is 2.78 bits per heavy atom. The zero-order valence-corrected chi connectivity index (χ0v) is 18.4. The number of hydrogen-bond acceptors (Lipinski definition) is 5. The van der Waals surface area contributed by atoms with Crippen molar-refractivity contribution in [2.45, 2.75) is 58.9 Å². The van der Waals surface area contributed by atoms with Gasteiger partial charge in [-0.3, -0.25) is 4.79 Å². The van der Waals surface area contributed by atoms with E-state index in [0.717, 1.165) is 31.3 Å². The first-order valence-electron chi connectivity index (χ1n) is 10.8. The number of aryl methyl sites for hydroxylation is 1. The molecule has 0 aromatic carbocycles. The Balaban J connectivity index is 1.63.